The molecule has 0 saturated carbocycles. The molecule has 0 aromatic carbocycles. The van der Waals surface area contributed by atoms with Gasteiger partial charge in [0.25, 0.3) is 0 Å². The Morgan fingerprint density at radius 3 is 2.92 bits per heavy atom. The summed E-state index contributed by atoms with van der Waals surface area (Å²) in [5.74, 6) is 0.507. The minimum Gasteiger partial charge on any atom is -0.316 e. The molecule has 0 saturated heterocycles. The molecule has 72 valence electrons. The maximum absolute atomic E-state index is 4.32. The van der Waals surface area contributed by atoms with E-state index in [9.17, 15) is 0 Å². The molecular formula is C11H18N2. The first-order valence-electron chi connectivity index (χ1n) is 4.96. The summed E-state index contributed by atoms with van der Waals surface area (Å²) >= 11 is 0. The van der Waals surface area contributed by atoms with Gasteiger partial charge in [0.2, 0.25) is 0 Å². The van der Waals surface area contributed by atoms with Crippen LogP contribution in [0.2, 0.25) is 0 Å². The first kappa shape index (κ1) is 10.2. The third-order valence-corrected chi connectivity index (χ3v) is 2.07. The van der Waals surface area contributed by atoms with E-state index in [-0.39, 0.29) is 0 Å². The van der Waals surface area contributed by atoms with Crippen molar-refractivity contribution >= 4 is 0 Å². The minimum absolute atomic E-state index is 0.507. The molecule has 0 bridgehead atoms. The second-order valence-electron chi connectivity index (χ2n) is 3.36. The Hall–Kier alpha value is -0.890. The Bertz CT molecular complexity index is 221. The van der Waals surface area contributed by atoms with Gasteiger partial charge >= 0.3 is 0 Å². The van der Waals surface area contributed by atoms with Crippen molar-refractivity contribution in [3.8, 4) is 0 Å². The summed E-state index contributed by atoms with van der Waals surface area (Å²) in [5, 5.41) is 3.39. The van der Waals surface area contributed by atoms with E-state index in [0.717, 1.165) is 13.1 Å². The molecule has 1 N–H and O–H groups in total. The predicted molar refractivity (Wildman–Crippen MR) is 55.8 cm³/mol. The highest BCUT2D eigenvalue weighted by molar-refractivity contribution is 5.08. The second kappa shape index (κ2) is 5.70. The fourth-order valence-electron chi connectivity index (χ4n) is 1.27. The average molecular weight is 178 g/mol. The number of nitrogens with zero attached hydrogens (tertiary/aromatic N) is 1. The number of hydrogen-bond acceptors (Lipinski definition) is 2. The van der Waals surface area contributed by atoms with Crippen molar-refractivity contribution < 1.29 is 0 Å². The van der Waals surface area contributed by atoms with E-state index in [1.54, 1.807) is 0 Å². The summed E-state index contributed by atoms with van der Waals surface area (Å²) in [5.41, 5.74) is 1.17. The first-order chi connectivity index (χ1) is 6.34. The van der Waals surface area contributed by atoms with Gasteiger partial charge < -0.3 is 5.32 Å². The molecule has 0 radical (unpaired) electrons. The topological polar surface area (TPSA) is 24.9 Å². The second-order valence-corrected chi connectivity index (χ2v) is 3.36. The zero-order valence-electron chi connectivity index (χ0n) is 8.46. The molecule has 13 heavy (non-hydrogen) atoms. The molecule has 2 nitrogen and oxygen atoms in total. The summed E-state index contributed by atoms with van der Waals surface area (Å²) in [4.78, 5) is 4.32. The van der Waals surface area contributed by atoms with Gasteiger partial charge in [-0.2, -0.15) is 0 Å². The molecule has 2 heteroatoms. The Morgan fingerprint density at radius 2 is 2.31 bits per heavy atom. The molecule has 1 heterocycles. The van der Waals surface area contributed by atoms with Gasteiger partial charge in [0.1, 0.15) is 0 Å². The number of aromatic nitrogens is 1. The highest BCUT2D eigenvalue weighted by atomic mass is 14.9. The normalized spacial score (nSPS) is 12.8. The summed E-state index contributed by atoms with van der Waals surface area (Å²) in [6.45, 7) is 6.49. The zero-order valence-corrected chi connectivity index (χ0v) is 8.46. The Morgan fingerprint density at radius 1 is 1.46 bits per heavy atom. The summed E-state index contributed by atoms with van der Waals surface area (Å²) < 4.78 is 0. The van der Waals surface area contributed by atoms with Crippen LogP contribution in [0.5, 0.6) is 0 Å². The highest BCUT2D eigenvalue weighted by Gasteiger charge is 2.04. The molecule has 1 atom stereocenters. The first-order valence-corrected chi connectivity index (χ1v) is 4.96. The van der Waals surface area contributed by atoms with Crippen molar-refractivity contribution in [2.75, 3.05) is 13.1 Å². The zero-order chi connectivity index (χ0) is 9.52. The van der Waals surface area contributed by atoms with Crippen molar-refractivity contribution in [3.63, 3.8) is 0 Å². The highest BCUT2D eigenvalue weighted by Crippen LogP contribution is 2.09. The fourth-order valence-corrected chi connectivity index (χ4v) is 1.27. The Balaban J connectivity index is 2.35. The third kappa shape index (κ3) is 3.55. The Labute approximate surface area is 80.4 Å². The van der Waals surface area contributed by atoms with Gasteiger partial charge in [-0.15, -0.1) is 0 Å². The lowest BCUT2D eigenvalue weighted by Gasteiger charge is -2.10. The van der Waals surface area contributed by atoms with Crippen LogP contribution in [0.3, 0.4) is 0 Å². The van der Waals surface area contributed by atoms with Crippen LogP contribution in [0, 0.1) is 0 Å². The van der Waals surface area contributed by atoms with Crippen LogP contribution < -0.4 is 5.32 Å². The maximum Gasteiger partial charge on any atom is 0.0444 e. The fraction of sp³-hybridized carbons (Fsp3) is 0.545. The molecule has 0 spiro atoms. The van der Waals surface area contributed by atoms with Gasteiger partial charge in [0, 0.05) is 24.4 Å². The summed E-state index contributed by atoms with van der Waals surface area (Å²) in [6.07, 6.45) is 3.04. The van der Waals surface area contributed by atoms with Crippen molar-refractivity contribution in [1.29, 1.82) is 0 Å². The third-order valence-electron chi connectivity index (χ3n) is 2.07. The van der Waals surface area contributed by atoms with Crippen molar-refractivity contribution in [3.05, 3.63) is 30.1 Å². The molecule has 0 aliphatic carbocycles. The average Bonchev–Trinajstić information content (AvgIpc) is 2.19. The predicted octanol–water partition coefficient (Wildman–Crippen LogP) is 2.18. The lowest BCUT2D eigenvalue weighted by Crippen LogP contribution is -2.21. The minimum atomic E-state index is 0.507. The van der Waals surface area contributed by atoms with Gasteiger partial charge in [0.05, 0.1) is 0 Å². The van der Waals surface area contributed by atoms with E-state index in [0.29, 0.717) is 5.92 Å². The maximum atomic E-state index is 4.32. The van der Waals surface area contributed by atoms with E-state index in [1.165, 1.54) is 12.1 Å². The monoisotopic (exact) mass is 178 g/mol. The number of pyridine rings is 1. The summed E-state index contributed by atoms with van der Waals surface area (Å²) in [7, 11) is 0. The molecular weight excluding hydrogens is 160 g/mol. The smallest absolute Gasteiger partial charge is 0.0444 e. The van der Waals surface area contributed by atoms with Gasteiger partial charge in [-0.25, -0.2) is 0 Å². The van der Waals surface area contributed by atoms with E-state index < -0.39 is 0 Å². The van der Waals surface area contributed by atoms with Crippen molar-refractivity contribution in [2.45, 2.75) is 26.2 Å². The van der Waals surface area contributed by atoms with Crippen LogP contribution in [-0.4, -0.2) is 18.1 Å². The molecule has 1 aromatic rings. The van der Waals surface area contributed by atoms with Crippen molar-refractivity contribution in [1.82, 2.24) is 10.3 Å². The molecule has 0 aliphatic heterocycles. The quantitative estimate of drug-likeness (QED) is 0.699. The standard InChI is InChI=1S/C11H18N2/c1-3-7-12-9-10(2)11-6-4-5-8-13-11/h4-6,8,10,12H,3,7,9H2,1-2H3. The van der Waals surface area contributed by atoms with Gasteiger partial charge in [-0.1, -0.05) is 19.9 Å². The van der Waals surface area contributed by atoms with E-state index in [4.69, 9.17) is 0 Å². The SMILES string of the molecule is CCCNCC(C)c1ccccn1. The van der Waals surface area contributed by atoms with Crippen LogP contribution in [0.4, 0.5) is 0 Å². The van der Waals surface area contributed by atoms with Gasteiger partial charge in [-0.3, -0.25) is 4.98 Å². The van der Waals surface area contributed by atoms with E-state index in [1.807, 2.05) is 18.3 Å². The van der Waals surface area contributed by atoms with Gasteiger partial charge in [-0.05, 0) is 25.1 Å². The Kier molecular flexibility index (Phi) is 4.47. The van der Waals surface area contributed by atoms with Crippen LogP contribution in [0.1, 0.15) is 31.9 Å². The largest absolute Gasteiger partial charge is 0.316 e. The molecule has 1 aromatic heterocycles. The number of rotatable bonds is 5. The molecule has 0 amide bonds. The van der Waals surface area contributed by atoms with Crippen LogP contribution >= 0.6 is 0 Å². The molecule has 1 unspecified atom stereocenters. The lowest BCUT2D eigenvalue weighted by molar-refractivity contribution is 0.600. The van der Waals surface area contributed by atoms with Crippen LogP contribution in [0.25, 0.3) is 0 Å². The molecule has 0 fully saturated rings. The van der Waals surface area contributed by atoms with E-state index in [2.05, 4.69) is 30.2 Å². The van der Waals surface area contributed by atoms with Crippen LogP contribution in [0.15, 0.2) is 24.4 Å². The van der Waals surface area contributed by atoms with Gasteiger partial charge in [0.15, 0.2) is 0 Å². The molecule has 1 rings (SSSR count). The number of nitrogens with one attached hydrogen (secondary N) is 1. The van der Waals surface area contributed by atoms with Crippen LogP contribution in [-0.2, 0) is 0 Å². The molecule has 0 aliphatic rings. The summed E-state index contributed by atoms with van der Waals surface area (Å²) in [6, 6.07) is 6.08. The van der Waals surface area contributed by atoms with Crippen molar-refractivity contribution in [2.24, 2.45) is 0 Å². The lowest BCUT2D eigenvalue weighted by atomic mass is 10.1. The van der Waals surface area contributed by atoms with E-state index >= 15 is 0 Å². The number of hydrogen-bond donors (Lipinski definition) is 1.